The van der Waals surface area contributed by atoms with Crippen molar-refractivity contribution in [1.29, 1.82) is 0 Å². The van der Waals surface area contributed by atoms with E-state index in [9.17, 15) is 4.79 Å². The Morgan fingerprint density at radius 1 is 1.27 bits per heavy atom. The van der Waals surface area contributed by atoms with E-state index >= 15 is 0 Å². The first-order valence-electron chi connectivity index (χ1n) is 8.64. The Morgan fingerprint density at radius 2 is 2.12 bits per heavy atom. The highest BCUT2D eigenvalue weighted by Gasteiger charge is 2.17. The predicted molar refractivity (Wildman–Crippen MR) is 106 cm³/mol. The van der Waals surface area contributed by atoms with Crippen LogP contribution in [0.3, 0.4) is 0 Å². The van der Waals surface area contributed by atoms with Crippen LogP contribution in [-0.2, 0) is 4.74 Å². The van der Waals surface area contributed by atoms with Crippen LogP contribution in [0.25, 0.3) is 0 Å². The summed E-state index contributed by atoms with van der Waals surface area (Å²) in [7, 11) is 0. The van der Waals surface area contributed by atoms with Crippen LogP contribution in [0.1, 0.15) is 28.8 Å². The Labute approximate surface area is 158 Å². The first kappa shape index (κ1) is 18.4. The molecule has 5 nitrogen and oxygen atoms in total. The van der Waals surface area contributed by atoms with E-state index in [-0.39, 0.29) is 17.1 Å². The second kappa shape index (κ2) is 8.78. The van der Waals surface area contributed by atoms with Crippen molar-refractivity contribution in [2.75, 3.05) is 18.5 Å². The zero-order chi connectivity index (χ0) is 18.4. The molecule has 0 aromatic heterocycles. The lowest BCUT2D eigenvalue weighted by atomic mass is 10.1. The third-order valence-corrected chi connectivity index (χ3v) is 4.30. The van der Waals surface area contributed by atoms with E-state index in [1.165, 1.54) is 0 Å². The number of anilines is 1. The minimum absolute atomic E-state index is 0.135. The van der Waals surface area contributed by atoms with Gasteiger partial charge in [-0.3, -0.25) is 10.1 Å². The fourth-order valence-electron chi connectivity index (χ4n) is 2.77. The molecular weight excluding hydrogens is 348 g/mol. The number of hydrogen-bond donors (Lipinski definition) is 2. The third-order valence-electron chi connectivity index (χ3n) is 4.09. The second-order valence-electron chi connectivity index (χ2n) is 6.22. The summed E-state index contributed by atoms with van der Waals surface area (Å²) in [5, 5.41) is 5.96. The van der Waals surface area contributed by atoms with Crippen LogP contribution < -0.4 is 15.4 Å². The molecule has 2 N–H and O–H groups in total. The molecule has 0 saturated carbocycles. The molecule has 2 aromatic carbocycles. The fraction of sp³-hybridized carbons (Fsp3) is 0.300. The minimum Gasteiger partial charge on any atom is -0.489 e. The summed E-state index contributed by atoms with van der Waals surface area (Å²) in [6.07, 6.45) is 2.22. The van der Waals surface area contributed by atoms with Gasteiger partial charge < -0.3 is 14.8 Å². The van der Waals surface area contributed by atoms with Crippen LogP contribution in [-0.4, -0.2) is 30.3 Å². The normalized spacial score (nSPS) is 16.1. The molecule has 1 unspecified atom stereocenters. The largest absolute Gasteiger partial charge is 0.489 e. The van der Waals surface area contributed by atoms with Crippen molar-refractivity contribution in [3.8, 4) is 5.75 Å². The summed E-state index contributed by atoms with van der Waals surface area (Å²) in [6, 6.07) is 14.8. The highest BCUT2D eigenvalue weighted by atomic mass is 32.1. The molecule has 1 aliphatic heterocycles. The van der Waals surface area contributed by atoms with Crippen LogP contribution in [0, 0.1) is 6.92 Å². The average Bonchev–Trinajstić information content (AvgIpc) is 3.14. The highest BCUT2D eigenvalue weighted by molar-refractivity contribution is 7.80. The lowest BCUT2D eigenvalue weighted by molar-refractivity contribution is 0.0682. The number of hydrogen-bond acceptors (Lipinski definition) is 4. The maximum Gasteiger partial charge on any atom is 0.257 e. The van der Waals surface area contributed by atoms with Crippen LogP contribution in [0.15, 0.2) is 48.5 Å². The lowest BCUT2D eigenvalue weighted by Crippen LogP contribution is -2.34. The van der Waals surface area contributed by atoms with E-state index in [4.69, 9.17) is 21.7 Å². The maximum atomic E-state index is 12.3. The molecule has 0 radical (unpaired) electrons. The van der Waals surface area contributed by atoms with E-state index in [2.05, 4.69) is 10.6 Å². The monoisotopic (exact) mass is 370 g/mol. The number of carbonyl (C=O) groups excluding carboxylic acids is 1. The summed E-state index contributed by atoms with van der Waals surface area (Å²) in [5.74, 6) is 0.430. The number of benzene rings is 2. The Morgan fingerprint density at radius 3 is 2.88 bits per heavy atom. The molecule has 1 amide bonds. The molecular formula is C20H22N2O3S. The number of aryl methyl sites for hydroxylation is 1. The molecule has 1 heterocycles. The summed E-state index contributed by atoms with van der Waals surface area (Å²) in [4.78, 5) is 12.3. The van der Waals surface area contributed by atoms with Gasteiger partial charge in [0.1, 0.15) is 12.4 Å². The Bertz CT molecular complexity index is 788. The van der Waals surface area contributed by atoms with E-state index < -0.39 is 0 Å². The number of amides is 1. The molecule has 3 rings (SSSR count). The SMILES string of the molecule is Cc1cccc(C(=O)NC(=S)Nc2ccccc2OCC2CCCO2)c1. The van der Waals surface area contributed by atoms with Gasteiger partial charge in [0.2, 0.25) is 0 Å². The first-order chi connectivity index (χ1) is 12.6. The Hall–Kier alpha value is -2.44. The van der Waals surface area contributed by atoms with Gasteiger partial charge in [-0.1, -0.05) is 29.8 Å². The van der Waals surface area contributed by atoms with Gasteiger partial charge in [-0.05, 0) is 56.2 Å². The van der Waals surface area contributed by atoms with E-state index in [0.717, 1.165) is 25.0 Å². The maximum absolute atomic E-state index is 12.3. The summed E-state index contributed by atoms with van der Waals surface area (Å²) < 4.78 is 11.4. The minimum atomic E-state index is -0.246. The Kier molecular flexibility index (Phi) is 6.20. The van der Waals surface area contributed by atoms with Gasteiger partial charge >= 0.3 is 0 Å². The van der Waals surface area contributed by atoms with E-state index in [0.29, 0.717) is 23.6 Å². The van der Waals surface area contributed by atoms with Crippen LogP contribution in [0.2, 0.25) is 0 Å². The van der Waals surface area contributed by atoms with Crippen molar-refractivity contribution in [2.45, 2.75) is 25.9 Å². The number of nitrogens with one attached hydrogen (secondary N) is 2. The van der Waals surface area contributed by atoms with Gasteiger partial charge in [-0.25, -0.2) is 0 Å². The zero-order valence-electron chi connectivity index (χ0n) is 14.7. The van der Waals surface area contributed by atoms with Crippen molar-refractivity contribution in [2.24, 2.45) is 0 Å². The van der Waals surface area contributed by atoms with Crippen molar-refractivity contribution in [3.05, 3.63) is 59.7 Å². The fourth-order valence-corrected chi connectivity index (χ4v) is 2.97. The molecule has 0 spiro atoms. The smallest absolute Gasteiger partial charge is 0.257 e. The van der Waals surface area contributed by atoms with Crippen molar-refractivity contribution in [1.82, 2.24) is 5.32 Å². The molecule has 1 fully saturated rings. The molecule has 0 aliphatic carbocycles. The van der Waals surface area contributed by atoms with E-state index in [1.54, 1.807) is 6.07 Å². The van der Waals surface area contributed by atoms with Crippen LogP contribution in [0.4, 0.5) is 5.69 Å². The summed E-state index contributed by atoms with van der Waals surface area (Å²) >= 11 is 5.27. The number of carbonyl (C=O) groups is 1. The van der Waals surface area contributed by atoms with Gasteiger partial charge in [-0.2, -0.15) is 0 Å². The van der Waals surface area contributed by atoms with Gasteiger partial charge in [0, 0.05) is 12.2 Å². The van der Waals surface area contributed by atoms with Gasteiger partial charge in [0.05, 0.1) is 11.8 Å². The van der Waals surface area contributed by atoms with Gasteiger partial charge in [0.15, 0.2) is 5.11 Å². The summed E-state index contributed by atoms with van der Waals surface area (Å²) in [6.45, 7) is 3.24. The molecule has 1 atom stereocenters. The highest BCUT2D eigenvalue weighted by Crippen LogP contribution is 2.25. The Balaban J connectivity index is 1.59. The molecule has 0 bridgehead atoms. The van der Waals surface area contributed by atoms with Crippen molar-refractivity contribution < 1.29 is 14.3 Å². The molecule has 136 valence electrons. The molecule has 2 aromatic rings. The van der Waals surface area contributed by atoms with Crippen LogP contribution in [0.5, 0.6) is 5.75 Å². The molecule has 26 heavy (non-hydrogen) atoms. The second-order valence-corrected chi connectivity index (χ2v) is 6.63. The van der Waals surface area contributed by atoms with E-state index in [1.807, 2.05) is 49.4 Å². The lowest BCUT2D eigenvalue weighted by Gasteiger charge is -2.16. The van der Waals surface area contributed by atoms with Gasteiger partial charge in [0.25, 0.3) is 5.91 Å². The van der Waals surface area contributed by atoms with Crippen molar-refractivity contribution >= 4 is 28.9 Å². The number of thiocarbonyl (C=S) groups is 1. The topological polar surface area (TPSA) is 59.6 Å². The molecule has 1 aliphatic rings. The summed E-state index contributed by atoms with van der Waals surface area (Å²) in [5.41, 5.74) is 2.29. The predicted octanol–water partition coefficient (Wildman–Crippen LogP) is 3.68. The van der Waals surface area contributed by atoms with Crippen molar-refractivity contribution in [3.63, 3.8) is 0 Å². The first-order valence-corrected chi connectivity index (χ1v) is 9.05. The number of ether oxygens (including phenoxy) is 2. The number of rotatable bonds is 5. The zero-order valence-corrected chi connectivity index (χ0v) is 15.5. The molecule has 6 heteroatoms. The standard InChI is InChI=1S/C20H22N2O3S/c1-14-6-4-7-15(12-14)19(23)22-20(26)21-17-9-2-3-10-18(17)25-13-16-8-5-11-24-16/h2-4,6-7,9-10,12,16H,5,8,11,13H2,1H3,(H2,21,22,23,26). The van der Waals surface area contributed by atoms with Crippen LogP contribution >= 0.6 is 12.2 Å². The quantitative estimate of drug-likeness (QED) is 0.787. The molecule has 1 saturated heterocycles. The van der Waals surface area contributed by atoms with Gasteiger partial charge in [-0.15, -0.1) is 0 Å². The number of para-hydroxylation sites is 2. The third kappa shape index (κ3) is 5.03. The average molecular weight is 370 g/mol.